The fourth-order valence-corrected chi connectivity index (χ4v) is 3.31. The van der Waals surface area contributed by atoms with Gasteiger partial charge >= 0.3 is 0 Å². The first-order chi connectivity index (χ1) is 8.24. The van der Waals surface area contributed by atoms with E-state index in [0.717, 1.165) is 11.8 Å². The van der Waals surface area contributed by atoms with Crippen LogP contribution in [0.4, 0.5) is 0 Å². The Morgan fingerprint density at radius 2 is 1.24 bits per heavy atom. The largest absolute Gasteiger partial charge is 0.303 e. The molecule has 0 saturated carbocycles. The smallest absolute Gasteiger partial charge is 0.000750 e. The zero-order chi connectivity index (χ0) is 12.1. The van der Waals surface area contributed by atoms with E-state index >= 15 is 0 Å². The molecule has 2 fully saturated rings. The summed E-state index contributed by atoms with van der Waals surface area (Å²) in [4.78, 5) is 5.31. The first-order valence-electron chi connectivity index (χ1n) is 7.69. The summed E-state index contributed by atoms with van der Waals surface area (Å²) in [6.07, 6.45) is 7.10. The SMILES string of the molecule is CC1CCN(CCCCCN2CCC(C)C2)C1. The standard InChI is InChI=1S/C15H30N2/c1-14-6-10-16(12-14)8-4-3-5-9-17-11-7-15(2)13-17/h14-15H,3-13H2,1-2H3. The van der Waals surface area contributed by atoms with Crippen LogP contribution in [0.15, 0.2) is 0 Å². The van der Waals surface area contributed by atoms with Crippen LogP contribution in [0.2, 0.25) is 0 Å². The molecule has 0 amide bonds. The lowest BCUT2D eigenvalue weighted by molar-refractivity contribution is 0.297. The predicted octanol–water partition coefficient (Wildman–Crippen LogP) is 2.84. The number of rotatable bonds is 6. The molecule has 17 heavy (non-hydrogen) atoms. The lowest BCUT2D eigenvalue weighted by atomic mass is 10.2. The van der Waals surface area contributed by atoms with Crippen LogP contribution in [0, 0.1) is 11.8 Å². The van der Waals surface area contributed by atoms with Gasteiger partial charge < -0.3 is 9.80 Å². The lowest BCUT2D eigenvalue weighted by Crippen LogP contribution is -2.23. The van der Waals surface area contributed by atoms with Crippen LogP contribution < -0.4 is 0 Å². The van der Waals surface area contributed by atoms with Gasteiger partial charge in [-0.15, -0.1) is 0 Å². The average Bonchev–Trinajstić information content (AvgIpc) is 2.88. The van der Waals surface area contributed by atoms with E-state index in [4.69, 9.17) is 0 Å². The fraction of sp³-hybridized carbons (Fsp3) is 1.00. The van der Waals surface area contributed by atoms with Gasteiger partial charge in [-0.1, -0.05) is 20.3 Å². The van der Waals surface area contributed by atoms with Gasteiger partial charge in [0.15, 0.2) is 0 Å². The molecule has 0 aliphatic carbocycles. The highest BCUT2D eigenvalue weighted by atomic mass is 15.1. The molecule has 100 valence electrons. The Balaban J connectivity index is 1.44. The molecule has 2 rings (SSSR count). The van der Waals surface area contributed by atoms with E-state index in [1.165, 1.54) is 71.4 Å². The summed E-state index contributed by atoms with van der Waals surface area (Å²) in [6.45, 7) is 12.9. The Bertz CT molecular complexity index is 195. The number of unbranched alkanes of at least 4 members (excludes halogenated alkanes) is 2. The van der Waals surface area contributed by atoms with Gasteiger partial charge in [0, 0.05) is 13.1 Å². The summed E-state index contributed by atoms with van der Waals surface area (Å²) < 4.78 is 0. The maximum absolute atomic E-state index is 2.66. The highest BCUT2D eigenvalue weighted by Gasteiger charge is 2.18. The first kappa shape index (κ1) is 13.4. The van der Waals surface area contributed by atoms with Crippen molar-refractivity contribution in [2.24, 2.45) is 11.8 Å². The quantitative estimate of drug-likeness (QED) is 0.657. The van der Waals surface area contributed by atoms with Crippen molar-refractivity contribution in [3.63, 3.8) is 0 Å². The third-order valence-electron chi connectivity index (χ3n) is 4.46. The van der Waals surface area contributed by atoms with Gasteiger partial charge in [-0.05, 0) is 63.7 Å². The lowest BCUT2D eigenvalue weighted by Gasteiger charge is -2.17. The molecule has 2 aliphatic heterocycles. The molecule has 0 N–H and O–H groups in total. The second-order valence-corrected chi connectivity index (χ2v) is 6.45. The molecule has 2 heteroatoms. The summed E-state index contributed by atoms with van der Waals surface area (Å²) in [5.41, 5.74) is 0. The first-order valence-corrected chi connectivity index (χ1v) is 7.69. The van der Waals surface area contributed by atoms with Gasteiger partial charge in [-0.25, -0.2) is 0 Å². The third kappa shape index (κ3) is 4.59. The van der Waals surface area contributed by atoms with Crippen LogP contribution in [0.25, 0.3) is 0 Å². The van der Waals surface area contributed by atoms with Gasteiger partial charge in [0.1, 0.15) is 0 Å². The van der Waals surface area contributed by atoms with Crippen molar-refractivity contribution in [2.75, 3.05) is 39.3 Å². The zero-order valence-electron chi connectivity index (χ0n) is 11.8. The normalized spacial score (nSPS) is 31.4. The monoisotopic (exact) mass is 238 g/mol. The molecule has 0 radical (unpaired) electrons. The molecule has 0 aromatic heterocycles. The van der Waals surface area contributed by atoms with Crippen molar-refractivity contribution < 1.29 is 0 Å². The Morgan fingerprint density at radius 1 is 0.765 bits per heavy atom. The summed E-state index contributed by atoms with van der Waals surface area (Å²) in [5, 5.41) is 0. The van der Waals surface area contributed by atoms with Crippen molar-refractivity contribution in [1.82, 2.24) is 9.80 Å². The molecular weight excluding hydrogens is 208 g/mol. The fourth-order valence-electron chi connectivity index (χ4n) is 3.31. The Morgan fingerprint density at radius 3 is 1.59 bits per heavy atom. The Hall–Kier alpha value is -0.0800. The van der Waals surface area contributed by atoms with Gasteiger partial charge in [0.25, 0.3) is 0 Å². The average molecular weight is 238 g/mol. The topological polar surface area (TPSA) is 6.48 Å². The third-order valence-corrected chi connectivity index (χ3v) is 4.46. The number of nitrogens with zero attached hydrogens (tertiary/aromatic N) is 2. The van der Waals surface area contributed by atoms with Crippen molar-refractivity contribution in [3.05, 3.63) is 0 Å². The number of hydrogen-bond acceptors (Lipinski definition) is 2. The summed E-state index contributed by atoms with van der Waals surface area (Å²) in [5.74, 6) is 1.89. The van der Waals surface area contributed by atoms with E-state index < -0.39 is 0 Å². The molecule has 2 aliphatic rings. The van der Waals surface area contributed by atoms with Crippen molar-refractivity contribution in [2.45, 2.75) is 46.0 Å². The second kappa shape index (κ2) is 6.75. The molecule has 0 spiro atoms. The Kier molecular flexibility index (Phi) is 5.30. The van der Waals surface area contributed by atoms with Gasteiger partial charge in [0.2, 0.25) is 0 Å². The van der Waals surface area contributed by atoms with Crippen molar-refractivity contribution in [3.8, 4) is 0 Å². The molecular formula is C15H30N2. The van der Waals surface area contributed by atoms with E-state index in [1.54, 1.807) is 0 Å². The minimum Gasteiger partial charge on any atom is -0.303 e. The van der Waals surface area contributed by atoms with Crippen LogP contribution in [0.3, 0.4) is 0 Å². The van der Waals surface area contributed by atoms with Crippen LogP contribution in [0.1, 0.15) is 46.0 Å². The summed E-state index contributed by atoms with van der Waals surface area (Å²) >= 11 is 0. The van der Waals surface area contributed by atoms with E-state index in [-0.39, 0.29) is 0 Å². The highest BCUT2D eigenvalue weighted by Crippen LogP contribution is 2.17. The van der Waals surface area contributed by atoms with Crippen LogP contribution in [-0.2, 0) is 0 Å². The van der Waals surface area contributed by atoms with Gasteiger partial charge in [-0.2, -0.15) is 0 Å². The minimum absolute atomic E-state index is 0.945. The zero-order valence-corrected chi connectivity index (χ0v) is 11.8. The van der Waals surface area contributed by atoms with Crippen molar-refractivity contribution >= 4 is 0 Å². The highest BCUT2D eigenvalue weighted by molar-refractivity contribution is 4.73. The van der Waals surface area contributed by atoms with Gasteiger partial charge in [0.05, 0.1) is 0 Å². The van der Waals surface area contributed by atoms with E-state index in [2.05, 4.69) is 23.6 Å². The molecule has 2 unspecified atom stereocenters. The molecule has 2 saturated heterocycles. The molecule has 2 nitrogen and oxygen atoms in total. The molecule has 0 aromatic carbocycles. The van der Waals surface area contributed by atoms with E-state index in [0.29, 0.717) is 0 Å². The van der Waals surface area contributed by atoms with Gasteiger partial charge in [-0.3, -0.25) is 0 Å². The van der Waals surface area contributed by atoms with Crippen LogP contribution in [0.5, 0.6) is 0 Å². The van der Waals surface area contributed by atoms with Crippen LogP contribution in [-0.4, -0.2) is 49.1 Å². The Labute approximate surface area is 107 Å². The predicted molar refractivity (Wildman–Crippen MR) is 74.3 cm³/mol. The molecule has 2 heterocycles. The van der Waals surface area contributed by atoms with E-state index in [9.17, 15) is 0 Å². The second-order valence-electron chi connectivity index (χ2n) is 6.45. The summed E-state index contributed by atoms with van der Waals surface area (Å²) in [7, 11) is 0. The number of hydrogen-bond donors (Lipinski definition) is 0. The van der Waals surface area contributed by atoms with E-state index in [1.807, 2.05) is 0 Å². The van der Waals surface area contributed by atoms with Crippen LogP contribution >= 0.6 is 0 Å². The molecule has 0 bridgehead atoms. The van der Waals surface area contributed by atoms with Crippen molar-refractivity contribution in [1.29, 1.82) is 0 Å². The minimum atomic E-state index is 0.945. The maximum atomic E-state index is 2.66. The summed E-state index contributed by atoms with van der Waals surface area (Å²) in [6, 6.07) is 0. The molecule has 0 aromatic rings. The number of likely N-dealkylation sites (tertiary alicyclic amines) is 2. The maximum Gasteiger partial charge on any atom is 0.000750 e. The molecule has 2 atom stereocenters.